The van der Waals surface area contributed by atoms with Crippen LogP contribution in [0.4, 0.5) is 14.5 Å². The Bertz CT molecular complexity index is 822. The summed E-state index contributed by atoms with van der Waals surface area (Å²) in [5.41, 5.74) is 5.25. The predicted octanol–water partition coefficient (Wildman–Crippen LogP) is 2.25. The van der Waals surface area contributed by atoms with Gasteiger partial charge in [-0.2, -0.15) is 0 Å². The molecule has 6 nitrogen and oxygen atoms in total. The molecule has 0 aliphatic carbocycles. The maximum absolute atomic E-state index is 13.5. The minimum atomic E-state index is -1.23. The molecule has 2 rings (SSSR count). The quantitative estimate of drug-likeness (QED) is 0.810. The van der Waals surface area contributed by atoms with Gasteiger partial charge in [-0.25, -0.2) is 13.6 Å². The number of halogens is 2. The van der Waals surface area contributed by atoms with E-state index in [2.05, 4.69) is 5.32 Å². The van der Waals surface area contributed by atoms with Crippen molar-refractivity contribution in [1.82, 2.24) is 0 Å². The van der Waals surface area contributed by atoms with Crippen LogP contribution in [0, 0.1) is 11.6 Å². The standard InChI is InChI=1S/C17H14F2N2O4/c1-9(25-17(24)13-7-4-11(18)8-14(13)19)16(23)21-12-5-2-10(3-6-12)15(20)22/h2-9H,1H3,(H2,20,22)(H,21,23)/t9-/m0/s1. The van der Waals surface area contributed by atoms with Crippen LogP contribution in [0.1, 0.15) is 27.6 Å². The van der Waals surface area contributed by atoms with E-state index in [-0.39, 0.29) is 5.56 Å². The van der Waals surface area contributed by atoms with Gasteiger partial charge in [0.05, 0.1) is 5.56 Å². The SMILES string of the molecule is C[C@H](OC(=O)c1ccc(F)cc1F)C(=O)Nc1ccc(C(N)=O)cc1. The first kappa shape index (κ1) is 18.1. The number of benzene rings is 2. The fourth-order valence-corrected chi connectivity index (χ4v) is 1.89. The zero-order chi connectivity index (χ0) is 18.6. The number of nitrogens with two attached hydrogens (primary N) is 1. The Labute approximate surface area is 141 Å². The van der Waals surface area contributed by atoms with Gasteiger partial charge in [0.15, 0.2) is 6.10 Å². The van der Waals surface area contributed by atoms with Gasteiger partial charge >= 0.3 is 5.97 Å². The van der Waals surface area contributed by atoms with E-state index < -0.39 is 41.1 Å². The summed E-state index contributed by atoms with van der Waals surface area (Å²) >= 11 is 0. The maximum Gasteiger partial charge on any atom is 0.341 e. The lowest BCUT2D eigenvalue weighted by molar-refractivity contribution is -0.123. The Kier molecular flexibility index (Phi) is 5.43. The average molecular weight is 348 g/mol. The number of hydrogen-bond acceptors (Lipinski definition) is 4. The number of primary amides is 1. The maximum atomic E-state index is 13.5. The van der Waals surface area contributed by atoms with Gasteiger partial charge in [-0.15, -0.1) is 0 Å². The fraction of sp³-hybridized carbons (Fsp3) is 0.118. The Morgan fingerprint density at radius 1 is 1.08 bits per heavy atom. The third-order valence-corrected chi connectivity index (χ3v) is 3.24. The first-order valence-electron chi connectivity index (χ1n) is 7.14. The van der Waals surface area contributed by atoms with Crippen LogP contribution >= 0.6 is 0 Å². The third-order valence-electron chi connectivity index (χ3n) is 3.24. The summed E-state index contributed by atoms with van der Waals surface area (Å²) in [5.74, 6) is -4.28. The summed E-state index contributed by atoms with van der Waals surface area (Å²) < 4.78 is 31.2. The molecular formula is C17H14F2N2O4. The van der Waals surface area contributed by atoms with Crippen molar-refractivity contribution >= 4 is 23.5 Å². The molecule has 0 fully saturated rings. The monoisotopic (exact) mass is 348 g/mol. The highest BCUT2D eigenvalue weighted by atomic mass is 19.1. The number of rotatable bonds is 5. The highest BCUT2D eigenvalue weighted by Gasteiger charge is 2.21. The molecule has 2 amide bonds. The molecule has 0 radical (unpaired) electrons. The second kappa shape index (κ2) is 7.52. The molecule has 0 aliphatic rings. The number of anilines is 1. The Morgan fingerprint density at radius 2 is 1.72 bits per heavy atom. The summed E-state index contributed by atoms with van der Waals surface area (Å²) in [5, 5.41) is 2.47. The number of carbonyl (C=O) groups excluding carboxylic acids is 3. The Morgan fingerprint density at radius 3 is 2.28 bits per heavy atom. The molecule has 0 unspecified atom stereocenters. The lowest BCUT2D eigenvalue weighted by atomic mass is 10.2. The van der Waals surface area contributed by atoms with Crippen LogP contribution in [0.5, 0.6) is 0 Å². The second-order valence-corrected chi connectivity index (χ2v) is 5.10. The highest BCUT2D eigenvalue weighted by molar-refractivity contribution is 5.98. The van der Waals surface area contributed by atoms with Gasteiger partial charge in [-0.05, 0) is 43.3 Å². The first-order valence-corrected chi connectivity index (χ1v) is 7.14. The smallest absolute Gasteiger partial charge is 0.341 e. The van der Waals surface area contributed by atoms with Crippen LogP contribution in [0.25, 0.3) is 0 Å². The molecule has 2 aromatic rings. The largest absolute Gasteiger partial charge is 0.449 e. The minimum absolute atomic E-state index is 0.268. The van der Waals surface area contributed by atoms with Crippen molar-refractivity contribution in [3.05, 3.63) is 65.2 Å². The van der Waals surface area contributed by atoms with Crippen molar-refractivity contribution in [2.45, 2.75) is 13.0 Å². The van der Waals surface area contributed by atoms with E-state index in [1.807, 2.05) is 0 Å². The van der Waals surface area contributed by atoms with E-state index in [1.165, 1.54) is 31.2 Å². The van der Waals surface area contributed by atoms with E-state index in [1.54, 1.807) is 0 Å². The van der Waals surface area contributed by atoms with Crippen molar-refractivity contribution in [3.63, 3.8) is 0 Å². The van der Waals surface area contributed by atoms with Gasteiger partial charge in [0.1, 0.15) is 11.6 Å². The number of amides is 2. The van der Waals surface area contributed by atoms with Crippen LogP contribution in [0.3, 0.4) is 0 Å². The van der Waals surface area contributed by atoms with Crippen LogP contribution in [0.2, 0.25) is 0 Å². The fourth-order valence-electron chi connectivity index (χ4n) is 1.89. The third kappa shape index (κ3) is 4.60. The van der Waals surface area contributed by atoms with Gasteiger partial charge in [0.2, 0.25) is 5.91 Å². The second-order valence-electron chi connectivity index (χ2n) is 5.10. The van der Waals surface area contributed by atoms with Gasteiger partial charge < -0.3 is 15.8 Å². The van der Waals surface area contributed by atoms with E-state index >= 15 is 0 Å². The van der Waals surface area contributed by atoms with Crippen LogP contribution in [-0.4, -0.2) is 23.9 Å². The lowest BCUT2D eigenvalue weighted by Gasteiger charge is -2.14. The first-order chi connectivity index (χ1) is 11.8. The molecule has 0 bridgehead atoms. The molecule has 0 saturated carbocycles. The van der Waals surface area contributed by atoms with E-state index in [0.717, 1.165) is 12.1 Å². The number of nitrogens with one attached hydrogen (secondary N) is 1. The van der Waals surface area contributed by atoms with Crippen LogP contribution in [0.15, 0.2) is 42.5 Å². The Hall–Kier alpha value is -3.29. The molecule has 0 aliphatic heterocycles. The number of esters is 1. The summed E-state index contributed by atoms with van der Waals surface area (Å²) in [7, 11) is 0. The van der Waals surface area contributed by atoms with E-state index in [4.69, 9.17) is 10.5 Å². The molecule has 0 aromatic heterocycles. The van der Waals surface area contributed by atoms with E-state index in [0.29, 0.717) is 11.8 Å². The zero-order valence-electron chi connectivity index (χ0n) is 13.1. The van der Waals surface area contributed by atoms with Crippen LogP contribution in [-0.2, 0) is 9.53 Å². The molecule has 0 heterocycles. The number of carbonyl (C=O) groups is 3. The predicted molar refractivity (Wildman–Crippen MR) is 84.8 cm³/mol. The summed E-state index contributed by atoms with van der Waals surface area (Å²) in [6, 6.07) is 8.12. The molecule has 130 valence electrons. The zero-order valence-corrected chi connectivity index (χ0v) is 13.1. The van der Waals surface area contributed by atoms with Crippen molar-refractivity contribution in [1.29, 1.82) is 0 Å². The number of ether oxygens (including phenoxy) is 1. The lowest BCUT2D eigenvalue weighted by Crippen LogP contribution is -2.30. The molecule has 25 heavy (non-hydrogen) atoms. The molecule has 8 heteroatoms. The van der Waals surface area contributed by atoms with Gasteiger partial charge in [-0.1, -0.05) is 0 Å². The van der Waals surface area contributed by atoms with Crippen LogP contribution < -0.4 is 11.1 Å². The van der Waals surface area contributed by atoms with Crippen molar-refractivity contribution in [2.24, 2.45) is 5.73 Å². The highest BCUT2D eigenvalue weighted by Crippen LogP contribution is 2.13. The molecule has 0 spiro atoms. The molecular weight excluding hydrogens is 334 g/mol. The summed E-state index contributed by atoms with van der Waals surface area (Å²) in [4.78, 5) is 34.8. The summed E-state index contributed by atoms with van der Waals surface area (Å²) in [6.45, 7) is 1.30. The average Bonchev–Trinajstić information content (AvgIpc) is 2.55. The topological polar surface area (TPSA) is 98.5 Å². The van der Waals surface area contributed by atoms with Gasteiger partial charge in [0, 0.05) is 17.3 Å². The van der Waals surface area contributed by atoms with E-state index in [9.17, 15) is 23.2 Å². The normalized spacial score (nSPS) is 11.5. The summed E-state index contributed by atoms with van der Waals surface area (Å²) in [6.07, 6.45) is -1.23. The molecule has 2 aromatic carbocycles. The minimum Gasteiger partial charge on any atom is -0.449 e. The van der Waals surface area contributed by atoms with Crippen molar-refractivity contribution in [3.8, 4) is 0 Å². The Balaban J connectivity index is 1.99. The van der Waals surface area contributed by atoms with Gasteiger partial charge in [-0.3, -0.25) is 9.59 Å². The van der Waals surface area contributed by atoms with Gasteiger partial charge in [0.25, 0.3) is 5.91 Å². The van der Waals surface area contributed by atoms with Crippen molar-refractivity contribution < 1.29 is 27.9 Å². The molecule has 0 saturated heterocycles. The number of hydrogen-bond donors (Lipinski definition) is 2. The molecule has 1 atom stereocenters. The molecule has 3 N–H and O–H groups in total. The van der Waals surface area contributed by atoms with Crippen molar-refractivity contribution in [2.75, 3.05) is 5.32 Å².